The second-order valence-corrected chi connectivity index (χ2v) is 34.1. The Balaban J connectivity index is 1.39. The van der Waals surface area contributed by atoms with Crippen molar-refractivity contribution >= 4 is 109 Å². The molecular formula is C104H107N7. The lowest BCUT2D eigenvalue weighted by atomic mass is 9.90. The minimum Gasteiger partial charge on any atom is -0.306 e. The quantitative estimate of drug-likeness (QED) is 0.167. The molecule has 0 aliphatic heterocycles. The third-order valence-corrected chi connectivity index (χ3v) is 30.3. The molecule has 111 heavy (non-hydrogen) atoms. The molecule has 7 heteroatoms. The summed E-state index contributed by atoms with van der Waals surface area (Å²) >= 11 is 0. The van der Waals surface area contributed by atoms with Gasteiger partial charge in [-0.1, -0.05) is 36.4 Å². The number of pyridine rings is 1. The van der Waals surface area contributed by atoms with Crippen LogP contribution in [0.1, 0.15) is 184 Å². The Morgan fingerprint density at radius 2 is 0.468 bits per heavy atom. The van der Waals surface area contributed by atoms with Crippen LogP contribution in [0.15, 0.2) is 66.9 Å². The van der Waals surface area contributed by atoms with Gasteiger partial charge in [0.15, 0.2) is 0 Å². The van der Waals surface area contributed by atoms with Crippen LogP contribution in [0, 0.1) is 233 Å². The Morgan fingerprint density at radius 1 is 0.234 bits per heavy atom. The fourth-order valence-electron chi connectivity index (χ4n) is 21.2. The minimum atomic E-state index is 0.589. The van der Waals surface area contributed by atoms with E-state index in [0.29, 0.717) is 5.56 Å². The van der Waals surface area contributed by atoms with Crippen molar-refractivity contribution in [3.8, 4) is 45.6 Å². The highest BCUT2D eigenvalue weighted by atomic mass is 15.1. The van der Waals surface area contributed by atoms with Crippen molar-refractivity contribution in [1.29, 1.82) is 5.26 Å². The zero-order chi connectivity index (χ0) is 79.7. The summed E-state index contributed by atoms with van der Waals surface area (Å²) in [7, 11) is 0. The molecule has 0 atom stereocenters. The summed E-state index contributed by atoms with van der Waals surface area (Å²) in [5.74, 6) is 0. The first kappa shape index (κ1) is 72.9. The molecular weight excluding hydrogens is 1350 g/mol. The Bertz CT molecular complexity index is 6640. The molecule has 0 saturated heterocycles. The fourth-order valence-corrected chi connectivity index (χ4v) is 21.2. The highest BCUT2D eigenvalue weighted by Gasteiger charge is 2.41. The van der Waals surface area contributed by atoms with E-state index < -0.39 is 0 Å². The SMILES string of the molecule is Cc1c(C)c(C)c2c(c1C)c1c(C)c(C)c(C)c(C)c1n2-c1c(C#N)c(-n2c3c(C)c(C)c(C)c(C)c3c3c(C)c(C)c(C)c(C)c32)c(-n2c3c(C)c(C)c(C)c(C)c3c3c(C)c(C)c(C)c(C)c32)c(-c2ccccc2-n2c3ccccc3c3cccnc32)c1-n1c2c(C)c(C)c(C)c(C)c2c2c(C)c(C)c(C)c(C)c21. The molecule has 17 rings (SSSR count). The second-order valence-electron chi connectivity index (χ2n) is 34.1. The molecule has 0 bridgehead atoms. The lowest BCUT2D eigenvalue weighted by Gasteiger charge is -2.32. The van der Waals surface area contributed by atoms with Gasteiger partial charge in [-0.05, 0) is 424 Å². The molecule has 0 spiro atoms. The topological polar surface area (TPSA) is 61.3 Å². The van der Waals surface area contributed by atoms with Gasteiger partial charge >= 0.3 is 0 Å². The van der Waals surface area contributed by atoms with E-state index in [1.165, 1.54) is 221 Å². The predicted octanol–water partition coefficient (Wildman–Crippen LogP) is 28.0. The van der Waals surface area contributed by atoms with E-state index in [2.05, 4.69) is 311 Å². The van der Waals surface area contributed by atoms with E-state index in [1.54, 1.807) is 0 Å². The monoisotopic (exact) mass is 1450 g/mol. The van der Waals surface area contributed by atoms with Crippen molar-refractivity contribution in [3.63, 3.8) is 0 Å². The van der Waals surface area contributed by atoms with Crippen molar-refractivity contribution in [1.82, 2.24) is 27.8 Å². The Kier molecular flexibility index (Phi) is 16.1. The summed E-state index contributed by atoms with van der Waals surface area (Å²) in [6.07, 6.45) is 1.97. The van der Waals surface area contributed by atoms with Gasteiger partial charge in [-0.25, -0.2) is 4.98 Å². The molecule has 0 N–H and O–H groups in total. The molecule has 0 unspecified atom stereocenters. The fraction of sp³-hybridized carbons (Fsp3) is 0.308. The first-order valence-corrected chi connectivity index (χ1v) is 40.2. The van der Waals surface area contributed by atoms with Gasteiger partial charge in [-0.2, -0.15) is 5.26 Å². The first-order valence-electron chi connectivity index (χ1n) is 40.2. The highest BCUT2D eigenvalue weighted by molar-refractivity contribution is 6.23. The van der Waals surface area contributed by atoms with E-state index in [4.69, 9.17) is 4.98 Å². The normalized spacial score (nSPS) is 12.3. The van der Waals surface area contributed by atoms with Crippen molar-refractivity contribution in [2.75, 3.05) is 0 Å². The average Bonchev–Trinajstić information content (AvgIpc) is 1.50. The number of para-hydroxylation sites is 2. The summed E-state index contributed by atoms with van der Waals surface area (Å²) in [6.45, 7) is 75.6. The number of benzene rings is 11. The number of fused-ring (bicyclic) bond motifs is 15. The number of aryl methyl sites for hydroxylation is 16. The zero-order valence-electron chi connectivity index (χ0n) is 72.0. The van der Waals surface area contributed by atoms with Crippen LogP contribution in [0.5, 0.6) is 0 Å². The maximum absolute atomic E-state index is 14.6. The summed E-state index contributed by atoms with van der Waals surface area (Å²) in [5, 5.41) is 26.7. The molecule has 0 aliphatic carbocycles. The molecule has 0 aliphatic rings. The van der Waals surface area contributed by atoms with Gasteiger partial charge in [0.25, 0.3) is 0 Å². The smallest absolute Gasteiger partial charge is 0.145 e. The Hall–Kier alpha value is -10.9. The maximum atomic E-state index is 14.6. The van der Waals surface area contributed by atoms with Crippen molar-refractivity contribution in [2.24, 2.45) is 0 Å². The summed E-state index contributed by atoms with van der Waals surface area (Å²) < 4.78 is 13.5. The first-order chi connectivity index (χ1) is 52.5. The molecule has 11 aromatic carbocycles. The van der Waals surface area contributed by atoms with Crippen LogP contribution < -0.4 is 0 Å². The van der Waals surface area contributed by atoms with Crippen LogP contribution in [0.4, 0.5) is 0 Å². The average molecular weight is 1460 g/mol. The van der Waals surface area contributed by atoms with E-state index in [-0.39, 0.29) is 0 Å². The number of rotatable bonds is 6. The van der Waals surface area contributed by atoms with Gasteiger partial charge in [-0.15, -0.1) is 0 Å². The highest BCUT2D eigenvalue weighted by Crippen LogP contribution is 2.58. The third-order valence-electron chi connectivity index (χ3n) is 30.3. The van der Waals surface area contributed by atoms with E-state index >= 15 is 0 Å². The van der Waals surface area contributed by atoms with Crippen LogP contribution in [0.25, 0.3) is 149 Å². The van der Waals surface area contributed by atoms with Crippen molar-refractivity contribution in [2.45, 2.75) is 222 Å². The van der Waals surface area contributed by atoms with Crippen LogP contribution in [-0.4, -0.2) is 27.8 Å². The molecule has 17 aromatic rings. The molecule has 6 aromatic heterocycles. The van der Waals surface area contributed by atoms with E-state index in [0.717, 1.165) is 106 Å². The molecule has 0 saturated carbocycles. The predicted molar refractivity (Wildman–Crippen MR) is 478 cm³/mol. The molecule has 7 nitrogen and oxygen atoms in total. The van der Waals surface area contributed by atoms with Crippen LogP contribution in [0.2, 0.25) is 0 Å². The van der Waals surface area contributed by atoms with Gasteiger partial charge in [0.05, 0.1) is 78.1 Å². The van der Waals surface area contributed by atoms with Crippen molar-refractivity contribution in [3.05, 3.63) is 250 Å². The summed E-state index contributed by atoms with van der Waals surface area (Å²) in [6, 6.07) is 26.1. The van der Waals surface area contributed by atoms with Crippen LogP contribution >= 0.6 is 0 Å². The molecule has 6 heterocycles. The van der Waals surface area contributed by atoms with Crippen LogP contribution in [-0.2, 0) is 0 Å². The lowest BCUT2D eigenvalue weighted by molar-refractivity contribution is 1.01. The Morgan fingerprint density at radius 3 is 0.748 bits per heavy atom. The van der Waals surface area contributed by atoms with E-state index in [1.807, 2.05) is 6.20 Å². The van der Waals surface area contributed by atoms with Crippen molar-refractivity contribution < 1.29 is 0 Å². The standard InChI is InChI=1S/C104H107N7/c1-45-53(9)69(25)92-83(61(45)17)84-62(18)46(2)54(10)70(26)93(84)108(92)100-80(44-105)101(109-94-71(27)55(11)47(3)63(19)85(94)86-64(20)48(4)56(12)72(28)95(86)109)103(111-98-75(31)59(15)51(7)67(23)89(98)90-68(24)52(8)60(16)76(32)99(90)111)91(79-39-34-36-42-82(79)107-81-41-35-33-38-77(81)78-40-37-43-106-104(78)107)102(100)110-96-73(29)57(13)49(5)65(21)87(96)88-66(22)50(6)58(14)74(30)97(88)110/h33-43H,1-32H3. The molecule has 0 fully saturated rings. The molecule has 0 amide bonds. The largest absolute Gasteiger partial charge is 0.306 e. The Labute approximate surface area is 655 Å². The number of nitrogens with zero attached hydrogens (tertiary/aromatic N) is 7. The second kappa shape index (κ2) is 24.5. The minimum absolute atomic E-state index is 0.589. The van der Waals surface area contributed by atoms with Crippen LogP contribution in [0.3, 0.4) is 0 Å². The van der Waals surface area contributed by atoms with Gasteiger partial charge in [0.1, 0.15) is 17.3 Å². The number of hydrogen-bond acceptors (Lipinski definition) is 2. The summed E-state index contributed by atoms with van der Waals surface area (Å²) in [4.78, 5) is 5.51. The molecule has 558 valence electrons. The number of hydrogen-bond donors (Lipinski definition) is 0. The summed E-state index contributed by atoms with van der Waals surface area (Å²) in [5.41, 5.74) is 58.2. The zero-order valence-corrected chi connectivity index (χ0v) is 72.0. The number of aromatic nitrogens is 6. The van der Waals surface area contributed by atoms with Gasteiger partial charge in [-0.3, -0.25) is 4.57 Å². The van der Waals surface area contributed by atoms with Gasteiger partial charge in [0.2, 0.25) is 0 Å². The molecule has 0 radical (unpaired) electrons. The van der Waals surface area contributed by atoms with Gasteiger partial charge in [0, 0.05) is 71.2 Å². The maximum Gasteiger partial charge on any atom is 0.145 e. The lowest BCUT2D eigenvalue weighted by Crippen LogP contribution is -2.19. The van der Waals surface area contributed by atoms with E-state index in [9.17, 15) is 5.26 Å². The van der Waals surface area contributed by atoms with Gasteiger partial charge < -0.3 is 18.3 Å². The third kappa shape index (κ3) is 8.89. The number of nitriles is 1.